The van der Waals surface area contributed by atoms with E-state index < -0.39 is 7.12 Å². The molecule has 10 aromatic rings. The third kappa shape index (κ3) is 11.4. The fraction of sp³-hybridized carbons (Fsp3) is 0.138. The molecule has 0 bridgehead atoms. The topological polar surface area (TPSA) is 179 Å². The summed E-state index contributed by atoms with van der Waals surface area (Å²) in [5.74, 6) is 4.31. The Morgan fingerprint density at radius 1 is 0.459 bits per heavy atom. The van der Waals surface area contributed by atoms with Crippen molar-refractivity contribution in [3.05, 3.63) is 186 Å². The smallest absolute Gasteiger partial charge is 0.488 e. The number of pyridine rings is 2. The number of anilines is 2. The van der Waals surface area contributed by atoms with Gasteiger partial charge in [-0.05, 0) is 143 Å². The molecule has 4 aromatic heterocycles. The zero-order valence-corrected chi connectivity index (χ0v) is 42.3. The number of methoxy groups -OCH3 is 4. The van der Waals surface area contributed by atoms with E-state index in [1.807, 2.05) is 117 Å². The number of halogens is 1. The van der Waals surface area contributed by atoms with Crippen molar-refractivity contribution >= 4 is 57.4 Å². The fourth-order valence-electron chi connectivity index (χ4n) is 8.66. The highest BCUT2D eigenvalue weighted by Crippen LogP contribution is 2.36. The van der Waals surface area contributed by atoms with Gasteiger partial charge in [-0.3, -0.25) is 9.97 Å². The van der Waals surface area contributed by atoms with Crippen LogP contribution in [0.5, 0.6) is 23.0 Å². The molecule has 370 valence electrons. The van der Waals surface area contributed by atoms with Crippen molar-refractivity contribution in [2.24, 2.45) is 0 Å². The summed E-state index contributed by atoms with van der Waals surface area (Å²) < 4.78 is 21.6. The summed E-state index contributed by atoms with van der Waals surface area (Å²) in [5.41, 5.74) is 11.6. The highest BCUT2D eigenvalue weighted by Gasteiger charge is 2.17. The second kappa shape index (κ2) is 22.8. The van der Waals surface area contributed by atoms with Crippen LogP contribution in [0.15, 0.2) is 158 Å². The van der Waals surface area contributed by atoms with E-state index in [0.717, 1.165) is 112 Å². The molecule has 0 amide bonds. The number of ether oxygens (including phenoxy) is 4. The summed E-state index contributed by atoms with van der Waals surface area (Å²) in [5, 5.41) is 48.9. The van der Waals surface area contributed by atoms with Gasteiger partial charge in [0.2, 0.25) is 0 Å². The largest absolute Gasteiger partial charge is 0.497 e. The van der Waals surface area contributed by atoms with Crippen molar-refractivity contribution < 1.29 is 29.0 Å². The molecule has 4 N–H and O–H groups in total. The molecule has 0 unspecified atom stereocenters. The van der Waals surface area contributed by atoms with Crippen molar-refractivity contribution in [3.8, 4) is 67.5 Å². The lowest BCUT2D eigenvalue weighted by atomic mass is 9.77. The third-order valence-electron chi connectivity index (χ3n) is 12.6. The van der Waals surface area contributed by atoms with Gasteiger partial charge < -0.3 is 39.6 Å². The molecule has 0 saturated carbocycles. The number of aromatic nitrogens is 6. The number of aryl methyl sites for hydroxylation is 2. The Morgan fingerprint density at radius 2 is 0.905 bits per heavy atom. The van der Waals surface area contributed by atoms with Crippen molar-refractivity contribution in [2.75, 3.05) is 39.1 Å². The molecular weight excluding hydrogens is 951 g/mol. The number of nitrogens with zero attached hydrogens (tertiary/aromatic N) is 6. The minimum absolute atomic E-state index is 0.404. The first-order valence-corrected chi connectivity index (χ1v) is 24.0. The molecule has 16 heteroatoms. The predicted molar refractivity (Wildman–Crippen MR) is 294 cm³/mol. The highest BCUT2D eigenvalue weighted by atomic mass is 35.5. The van der Waals surface area contributed by atoms with Crippen LogP contribution in [-0.4, -0.2) is 76.0 Å². The third-order valence-corrected chi connectivity index (χ3v) is 12.8. The molecule has 14 nitrogen and oxygen atoms in total. The standard InChI is InChI=1S/C29H27BN4O4.C29H25ClN4O2/c1-18-27-14-19(22-11-23(13-24(12-22)30(35)36)20-5-4-10-31-16-20)7-9-26(27)29(34-33-18)32-17-21-6-8-25(37-2)15-28(21)38-3;1-18-27-14-19(22-11-23(13-24(30)12-22)20-5-4-10-31-16-20)7-9-26(27)29(34-33-18)32-17-21-6-8-25(35-2)15-28(21)36-3/h4-16,35-36H,17H2,1-3H3,(H,32,34);4-16H,17H2,1-3H3,(H,32,34). The van der Waals surface area contributed by atoms with E-state index in [0.29, 0.717) is 35.2 Å². The molecule has 6 aromatic carbocycles. The summed E-state index contributed by atoms with van der Waals surface area (Å²) in [6.45, 7) is 4.91. The summed E-state index contributed by atoms with van der Waals surface area (Å²) in [6.07, 6.45) is 7.06. The van der Waals surface area contributed by atoms with Gasteiger partial charge in [0.15, 0.2) is 11.6 Å². The molecule has 0 saturated heterocycles. The minimum Gasteiger partial charge on any atom is -0.497 e. The number of fused-ring (bicyclic) bond motifs is 2. The van der Waals surface area contributed by atoms with E-state index in [9.17, 15) is 10.0 Å². The molecule has 74 heavy (non-hydrogen) atoms. The van der Waals surface area contributed by atoms with Crippen LogP contribution in [0.4, 0.5) is 11.6 Å². The van der Waals surface area contributed by atoms with E-state index in [2.05, 4.69) is 65.3 Å². The van der Waals surface area contributed by atoms with Gasteiger partial charge in [-0.2, -0.15) is 10.2 Å². The number of rotatable bonds is 15. The maximum Gasteiger partial charge on any atom is 0.488 e. The van der Waals surface area contributed by atoms with Crippen molar-refractivity contribution in [1.82, 2.24) is 30.4 Å². The maximum atomic E-state index is 9.94. The first-order chi connectivity index (χ1) is 36.0. The molecular formula is C58H52BClN8O6. The lowest BCUT2D eigenvalue weighted by Gasteiger charge is -2.14. The predicted octanol–water partition coefficient (Wildman–Crippen LogP) is 10.9. The van der Waals surface area contributed by atoms with Crippen molar-refractivity contribution in [2.45, 2.75) is 26.9 Å². The summed E-state index contributed by atoms with van der Waals surface area (Å²) in [6, 6.07) is 43.2. The first-order valence-electron chi connectivity index (χ1n) is 23.6. The Kier molecular flexibility index (Phi) is 15.5. The molecule has 0 aliphatic rings. The van der Waals surface area contributed by atoms with Gasteiger partial charge in [0.05, 0.1) is 39.8 Å². The zero-order valence-electron chi connectivity index (χ0n) is 41.6. The summed E-state index contributed by atoms with van der Waals surface area (Å²) in [4.78, 5) is 8.43. The molecule has 0 aliphatic heterocycles. The second-order valence-corrected chi connectivity index (χ2v) is 17.7. The van der Waals surface area contributed by atoms with Crippen LogP contribution in [0, 0.1) is 13.8 Å². The molecule has 0 aliphatic carbocycles. The minimum atomic E-state index is -1.59. The molecule has 0 spiro atoms. The molecule has 0 radical (unpaired) electrons. The molecule has 0 fully saturated rings. The van der Waals surface area contributed by atoms with Gasteiger partial charge in [-0.1, -0.05) is 48.0 Å². The van der Waals surface area contributed by atoms with Crippen LogP contribution in [0.3, 0.4) is 0 Å². The number of hydrogen-bond acceptors (Lipinski definition) is 14. The van der Waals surface area contributed by atoms with Crippen LogP contribution in [-0.2, 0) is 13.1 Å². The number of nitrogens with one attached hydrogen (secondary N) is 2. The van der Waals surface area contributed by atoms with Gasteiger partial charge in [-0.25, -0.2) is 0 Å². The summed E-state index contributed by atoms with van der Waals surface area (Å²) >= 11 is 6.50. The Morgan fingerprint density at radius 3 is 1.32 bits per heavy atom. The van der Waals surface area contributed by atoms with E-state index >= 15 is 0 Å². The summed E-state index contributed by atoms with van der Waals surface area (Å²) in [7, 11) is 4.95. The molecule has 4 heterocycles. The van der Waals surface area contributed by atoms with E-state index in [1.54, 1.807) is 59.2 Å². The second-order valence-electron chi connectivity index (χ2n) is 17.3. The Labute approximate surface area is 434 Å². The SMILES string of the molecule is COc1ccc(CNc2nnc(C)c3cc(-c4cc(B(O)O)cc(-c5cccnc5)c4)ccc23)c(OC)c1.COc1ccc(CNc2nnc(C)c3cc(-c4cc(Cl)cc(-c5cccnc5)c4)ccc23)c(OC)c1. The van der Waals surface area contributed by atoms with Gasteiger partial charge in [0.25, 0.3) is 0 Å². The number of benzene rings is 6. The van der Waals surface area contributed by atoms with Gasteiger partial charge in [-0.15, -0.1) is 10.2 Å². The Hall–Kier alpha value is -8.63. The Balaban J connectivity index is 0.000000182. The van der Waals surface area contributed by atoms with Gasteiger partial charge in [0.1, 0.15) is 23.0 Å². The van der Waals surface area contributed by atoms with Crippen LogP contribution >= 0.6 is 11.6 Å². The fourth-order valence-corrected chi connectivity index (χ4v) is 8.90. The van der Waals surface area contributed by atoms with E-state index in [1.165, 1.54) is 0 Å². The van der Waals surface area contributed by atoms with Crippen LogP contribution < -0.4 is 35.0 Å². The Bertz CT molecular complexity index is 3610. The average Bonchev–Trinajstić information content (AvgIpc) is 3.45. The lowest BCUT2D eigenvalue weighted by Crippen LogP contribution is -2.29. The molecule has 10 rings (SSSR count). The van der Waals surface area contributed by atoms with E-state index in [4.69, 9.17) is 30.5 Å². The zero-order chi connectivity index (χ0) is 51.7. The van der Waals surface area contributed by atoms with Crippen LogP contribution in [0.25, 0.3) is 66.1 Å². The van der Waals surface area contributed by atoms with Crippen molar-refractivity contribution in [3.63, 3.8) is 0 Å². The lowest BCUT2D eigenvalue weighted by molar-refractivity contribution is 0.391. The first kappa shape index (κ1) is 50.3. The van der Waals surface area contributed by atoms with Gasteiger partial charge >= 0.3 is 7.12 Å². The van der Waals surface area contributed by atoms with Crippen LogP contribution in [0.1, 0.15) is 22.5 Å². The average molecular weight is 1000 g/mol. The number of hydrogen-bond donors (Lipinski definition) is 4. The quantitative estimate of drug-likeness (QED) is 0.0713. The van der Waals surface area contributed by atoms with Crippen molar-refractivity contribution in [1.29, 1.82) is 0 Å². The molecule has 0 atom stereocenters. The normalized spacial score (nSPS) is 10.9. The van der Waals surface area contributed by atoms with E-state index in [-0.39, 0.29) is 0 Å². The highest BCUT2D eigenvalue weighted by molar-refractivity contribution is 6.58. The monoisotopic (exact) mass is 1000 g/mol. The van der Waals surface area contributed by atoms with Crippen LogP contribution in [0.2, 0.25) is 5.02 Å². The van der Waals surface area contributed by atoms with Gasteiger partial charge in [0, 0.05) is 93.3 Å². The maximum absolute atomic E-state index is 9.94.